The van der Waals surface area contributed by atoms with Crippen LogP contribution in [0.4, 0.5) is 0 Å². The van der Waals surface area contributed by atoms with E-state index < -0.39 is 5.91 Å². The number of rotatable bonds is 7. The fourth-order valence-electron chi connectivity index (χ4n) is 1.77. The molecule has 0 unspecified atom stereocenters. The molecule has 2 N–H and O–H groups in total. The van der Waals surface area contributed by atoms with Crippen molar-refractivity contribution >= 4 is 27.7 Å². The Kier molecular flexibility index (Phi) is 8.21. The minimum absolute atomic E-state index is 0.0319. The van der Waals surface area contributed by atoms with Gasteiger partial charge in [0.25, 0.3) is 5.91 Å². The first-order valence-electron chi connectivity index (χ1n) is 7.82. The maximum atomic E-state index is 11.7. The Balaban J connectivity index is 2.41. The fourth-order valence-corrected chi connectivity index (χ4v) is 2.27. The molecule has 0 aliphatic carbocycles. The maximum Gasteiger partial charge on any atom is 0.276 e. The number of hydrogen-bond acceptors (Lipinski definition) is 4. The second-order valence-corrected chi connectivity index (χ2v) is 7.08. The van der Waals surface area contributed by atoms with E-state index in [9.17, 15) is 9.59 Å². The van der Waals surface area contributed by atoms with Crippen LogP contribution in [0.15, 0.2) is 22.7 Å². The summed E-state index contributed by atoms with van der Waals surface area (Å²) >= 11 is 3.45. The van der Waals surface area contributed by atoms with Crippen molar-refractivity contribution in [2.75, 3.05) is 19.8 Å². The lowest BCUT2D eigenvalue weighted by Crippen LogP contribution is -2.44. The Labute approximate surface area is 151 Å². The zero-order valence-electron chi connectivity index (χ0n) is 14.6. The van der Waals surface area contributed by atoms with E-state index in [0.29, 0.717) is 19.0 Å². The molecule has 1 rings (SSSR count). The Bertz CT molecular complexity index is 570. The standard InChI is InChI=1S/C17H25BrN2O4/c1-5-23-9-8-15(21)19-20-16(22)11-24-14-7-6-12(10-13(14)18)17(2,3)4/h6-7,10H,5,8-9,11H2,1-4H3,(H,19,21)(H,20,22). The van der Waals surface area contributed by atoms with Crippen molar-refractivity contribution in [1.29, 1.82) is 0 Å². The van der Waals surface area contributed by atoms with Gasteiger partial charge in [-0.3, -0.25) is 20.4 Å². The van der Waals surface area contributed by atoms with E-state index in [1.165, 1.54) is 0 Å². The third-order valence-electron chi connectivity index (χ3n) is 3.18. The predicted octanol–water partition coefficient (Wildman–Crippen LogP) is 2.70. The predicted molar refractivity (Wildman–Crippen MR) is 95.7 cm³/mol. The lowest BCUT2D eigenvalue weighted by molar-refractivity contribution is -0.130. The number of carbonyl (C=O) groups is 2. The molecule has 24 heavy (non-hydrogen) atoms. The summed E-state index contributed by atoms with van der Waals surface area (Å²) in [7, 11) is 0. The molecule has 0 heterocycles. The number of amides is 2. The van der Waals surface area contributed by atoms with Crippen molar-refractivity contribution in [3.8, 4) is 5.75 Å². The van der Waals surface area contributed by atoms with E-state index in [4.69, 9.17) is 9.47 Å². The third-order valence-corrected chi connectivity index (χ3v) is 3.80. The summed E-state index contributed by atoms with van der Waals surface area (Å²) in [5, 5.41) is 0. The number of hydrogen-bond donors (Lipinski definition) is 2. The molecule has 7 heteroatoms. The molecule has 0 atom stereocenters. The van der Waals surface area contributed by atoms with Crippen LogP contribution in [-0.2, 0) is 19.7 Å². The molecule has 0 spiro atoms. The molecule has 0 aromatic heterocycles. The van der Waals surface area contributed by atoms with Crippen LogP contribution < -0.4 is 15.6 Å². The average Bonchev–Trinajstić information content (AvgIpc) is 2.51. The molecule has 0 radical (unpaired) electrons. The van der Waals surface area contributed by atoms with Gasteiger partial charge in [0.15, 0.2) is 6.61 Å². The summed E-state index contributed by atoms with van der Waals surface area (Å²) in [5.41, 5.74) is 5.80. The van der Waals surface area contributed by atoms with E-state index >= 15 is 0 Å². The Morgan fingerprint density at radius 1 is 1.17 bits per heavy atom. The molecule has 0 fully saturated rings. The Hall–Kier alpha value is -1.60. The van der Waals surface area contributed by atoms with Crippen LogP contribution in [0.3, 0.4) is 0 Å². The second kappa shape index (κ2) is 9.64. The van der Waals surface area contributed by atoms with Gasteiger partial charge in [-0.15, -0.1) is 0 Å². The van der Waals surface area contributed by atoms with E-state index in [2.05, 4.69) is 47.6 Å². The fraction of sp³-hybridized carbons (Fsp3) is 0.529. The van der Waals surface area contributed by atoms with E-state index in [1.807, 2.05) is 25.1 Å². The van der Waals surface area contributed by atoms with Gasteiger partial charge >= 0.3 is 0 Å². The smallest absolute Gasteiger partial charge is 0.276 e. The lowest BCUT2D eigenvalue weighted by atomic mass is 9.87. The van der Waals surface area contributed by atoms with E-state index in [-0.39, 0.29) is 24.3 Å². The second-order valence-electron chi connectivity index (χ2n) is 6.23. The molecular formula is C17H25BrN2O4. The normalized spacial score (nSPS) is 11.0. The van der Waals surface area contributed by atoms with Gasteiger partial charge in [-0.25, -0.2) is 0 Å². The number of hydrazine groups is 1. The molecule has 0 saturated carbocycles. The highest BCUT2D eigenvalue weighted by atomic mass is 79.9. The van der Waals surface area contributed by atoms with Gasteiger partial charge in [0, 0.05) is 6.61 Å². The van der Waals surface area contributed by atoms with Gasteiger partial charge in [-0.05, 0) is 46.0 Å². The Morgan fingerprint density at radius 2 is 1.83 bits per heavy atom. The summed E-state index contributed by atoms with van der Waals surface area (Å²) in [6.45, 7) is 8.89. The zero-order chi connectivity index (χ0) is 18.2. The van der Waals surface area contributed by atoms with Crippen molar-refractivity contribution in [1.82, 2.24) is 10.9 Å². The quantitative estimate of drug-likeness (QED) is 0.544. The highest BCUT2D eigenvalue weighted by Crippen LogP contribution is 2.31. The summed E-state index contributed by atoms with van der Waals surface area (Å²) in [6.07, 6.45) is 0.189. The first-order valence-corrected chi connectivity index (χ1v) is 8.61. The van der Waals surface area contributed by atoms with Crippen molar-refractivity contribution < 1.29 is 19.1 Å². The summed E-state index contributed by atoms with van der Waals surface area (Å²) in [4.78, 5) is 23.1. The number of carbonyl (C=O) groups excluding carboxylic acids is 2. The van der Waals surface area contributed by atoms with Crippen LogP contribution in [0.5, 0.6) is 5.75 Å². The number of halogens is 1. The van der Waals surface area contributed by atoms with Gasteiger partial charge in [0.2, 0.25) is 5.91 Å². The third kappa shape index (κ3) is 7.31. The zero-order valence-corrected chi connectivity index (χ0v) is 16.2. The maximum absolute atomic E-state index is 11.7. The van der Waals surface area contributed by atoms with Crippen molar-refractivity contribution in [3.63, 3.8) is 0 Å². The molecule has 1 aromatic carbocycles. The molecule has 0 bridgehead atoms. The van der Waals surface area contributed by atoms with Crippen molar-refractivity contribution in [3.05, 3.63) is 28.2 Å². The molecule has 1 aromatic rings. The summed E-state index contributed by atoms with van der Waals surface area (Å²) in [6, 6.07) is 5.76. The van der Waals surface area contributed by atoms with Crippen molar-refractivity contribution in [2.24, 2.45) is 0 Å². The van der Waals surface area contributed by atoms with Gasteiger partial charge in [0.1, 0.15) is 5.75 Å². The van der Waals surface area contributed by atoms with Crippen LogP contribution in [-0.4, -0.2) is 31.6 Å². The minimum atomic E-state index is -0.438. The van der Waals surface area contributed by atoms with E-state index in [1.54, 1.807) is 0 Å². The highest BCUT2D eigenvalue weighted by Gasteiger charge is 2.15. The number of nitrogens with one attached hydrogen (secondary N) is 2. The first kappa shape index (κ1) is 20.4. The molecule has 0 aliphatic rings. The monoisotopic (exact) mass is 400 g/mol. The lowest BCUT2D eigenvalue weighted by Gasteiger charge is -2.20. The first-order chi connectivity index (χ1) is 11.2. The summed E-state index contributed by atoms with van der Waals surface area (Å²) in [5.74, 6) is -0.181. The van der Waals surface area contributed by atoms with Gasteiger partial charge in [-0.2, -0.15) is 0 Å². The van der Waals surface area contributed by atoms with Gasteiger partial charge in [0.05, 0.1) is 17.5 Å². The topological polar surface area (TPSA) is 76.7 Å². The van der Waals surface area contributed by atoms with Crippen LogP contribution >= 0.6 is 15.9 Å². The van der Waals surface area contributed by atoms with E-state index in [0.717, 1.165) is 10.0 Å². The van der Waals surface area contributed by atoms with Crippen LogP contribution in [0.2, 0.25) is 0 Å². The van der Waals surface area contributed by atoms with Crippen molar-refractivity contribution in [2.45, 2.75) is 39.5 Å². The van der Waals surface area contributed by atoms with Gasteiger partial charge < -0.3 is 9.47 Å². The Morgan fingerprint density at radius 3 is 2.42 bits per heavy atom. The van der Waals surface area contributed by atoms with Crippen LogP contribution in [0.1, 0.15) is 39.7 Å². The van der Waals surface area contributed by atoms with Gasteiger partial charge in [-0.1, -0.05) is 26.8 Å². The molecule has 2 amide bonds. The molecule has 6 nitrogen and oxygen atoms in total. The number of benzene rings is 1. The number of ether oxygens (including phenoxy) is 2. The molecule has 0 saturated heterocycles. The molecular weight excluding hydrogens is 376 g/mol. The van der Waals surface area contributed by atoms with Crippen LogP contribution in [0.25, 0.3) is 0 Å². The molecule has 134 valence electrons. The summed E-state index contributed by atoms with van der Waals surface area (Å²) < 4.78 is 11.3. The average molecular weight is 401 g/mol. The minimum Gasteiger partial charge on any atom is -0.483 e. The largest absolute Gasteiger partial charge is 0.483 e. The SMILES string of the molecule is CCOCCC(=O)NNC(=O)COc1ccc(C(C)(C)C)cc1Br. The van der Waals surface area contributed by atoms with Crippen LogP contribution in [0, 0.1) is 0 Å². The molecule has 0 aliphatic heterocycles. The highest BCUT2D eigenvalue weighted by molar-refractivity contribution is 9.10.